The van der Waals surface area contributed by atoms with Crippen LogP contribution in [0.2, 0.25) is 0 Å². The Bertz CT molecular complexity index is 640. The molecule has 0 aliphatic carbocycles. The Hall–Kier alpha value is -1.67. The summed E-state index contributed by atoms with van der Waals surface area (Å²) >= 11 is 0. The third-order valence-electron chi connectivity index (χ3n) is 4.80. The summed E-state index contributed by atoms with van der Waals surface area (Å²) in [7, 11) is 0. The lowest BCUT2D eigenvalue weighted by Crippen LogP contribution is -2.50. The van der Waals surface area contributed by atoms with E-state index in [1.54, 1.807) is 0 Å². The van der Waals surface area contributed by atoms with E-state index in [-0.39, 0.29) is 12.5 Å². The van der Waals surface area contributed by atoms with Gasteiger partial charge in [0, 0.05) is 32.6 Å². The van der Waals surface area contributed by atoms with E-state index in [9.17, 15) is 22.4 Å². The number of amides is 1. The van der Waals surface area contributed by atoms with Crippen LogP contribution in [0.15, 0.2) is 18.2 Å². The molecule has 8 heteroatoms. The third-order valence-corrected chi connectivity index (χ3v) is 4.80. The van der Waals surface area contributed by atoms with E-state index < -0.39 is 23.2 Å². The molecule has 2 aliphatic rings. The lowest BCUT2D eigenvalue weighted by molar-refractivity contribution is -0.137. The van der Waals surface area contributed by atoms with Gasteiger partial charge in [-0.25, -0.2) is 4.39 Å². The molecule has 1 N–H and O–H groups in total. The zero-order valence-corrected chi connectivity index (χ0v) is 13.7. The van der Waals surface area contributed by atoms with Gasteiger partial charge in [-0.3, -0.25) is 9.69 Å². The molecule has 0 saturated carbocycles. The minimum Gasteiger partial charge on any atom is -0.373 e. The Kier molecular flexibility index (Phi) is 5.02. The highest BCUT2D eigenvalue weighted by Gasteiger charge is 2.37. The maximum absolute atomic E-state index is 13.5. The van der Waals surface area contributed by atoms with E-state index >= 15 is 0 Å². The van der Waals surface area contributed by atoms with E-state index in [0.717, 1.165) is 12.1 Å². The van der Waals surface area contributed by atoms with E-state index in [1.807, 2.05) is 4.90 Å². The average molecular weight is 360 g/mol. The molecule has 1 amide bonds. The van der Waals surface area contributed by atoms with Gasteiger partial charge in [-0.15, -0.1) is 0 Å². The molecule has 4 nitrogen and oxygen atoms in total. The Morgan fingerprint density at radius 3 is 2.60 bits per heavy atom. The van der Waals surface area contributed by atoms with Crippen LogP contribution in [0, 0.1) is 5.82 Å². The molecule has 0 unspecified atom stereocenters. The Labute approximate surface area is 143 Å². The minimum absolute atomic E-state index is 0.0289. The molecule has 2 aliphatic heterocycles. The molecule has 0 radical (unpaired) electrons. The molecule has 0 bridgehead atoms. The van der Waals surface area contributed by atoms with Crippen LogP contribution in [0.25, 0.3) is 0 Å². The molecule has 1 aromatic carbocycles. The van der Waals surface area contributed by atoms with Crippen LogP contribution >= 0.6 is 0 Å². The van der Waals surface area contributed by atoms with Gasteiger partial charge in [0.1, 0.15) is 5.82 Å². The van der Waals surface area contributed by atoms with Crippen LogP contribution in [0.3, 0.4) is 0 Å². The largest absolute Gasteiger partial charge is 0.416 e. The summed E-state index contributed by atoms with van der Waals surface area (Å²) in [6.45, 7) is 2.33. The number of benzene rings is 1. The average Bonchev–Trinajstić information content (AvgIpc) is 2.71. The second-order valence-corrected chi connectivity index (χ2v) is 6.68. The van der Waals surface area contributed by atoms with Crippen LogP contribution in [0.5, 0.6) is 0 Å². The fourth-order valence-electron chi connectivity index (χ4n) is 3.36. The summed E-state index contributed by atoms with van der Waals surface area (Å²) in [6.07, 6.45) is -2.87. The second kappa shape index (κ2) is 6.92. The molecule has 0 atom stereocenters. The number of likely N-dealkylation sites (tertiary alicyclic amines) is 1. The third kappa shape index (κ3) is 4.49. The van der Waals surface area contributed by atoms with E-state index in [0.29, 0.717) is 57.1 Å². The molecular weight excluding hydrogens is 340 g/mol. The van der Waals surface area contributed by atoms with E-state index in [1.165, 1.54) is 0 Å². The topological polar surface area (TPSA) is 41.6 Å². The number of piperidine rings is 1. The molecule has 2 saturated heterocycles. The number of carbonyl (C=O) groups is 1. The number of hydrogen-bond donors (Lipinski definition) is 1. The SMILES string of the molecule is O=C1CCOC2(CCN(Cc3cc(F)cc(C(F)(F)F)c3)CC2)CN1. The molecule has 1 spiro atoms. The number of hydrogen-bond acceptors (Lipinski definition) is 3. The van der Waals surface area contributed by atoms with Gasteiger partial charge in [-0.1, -0.05) is 0 Å². The molecule has 138 valence electrons. The maximum Gasteiger partial charge on any atom is 0.416 e. The standard InChI is InChI=1S/C17H20F4N2O2/c18-14-8-12(7-13(9-14)17(19,20)21)10-23-4-2-16(3-5-23)11-22-15(24)1-6-25-16/h7-9H,1-6,10-11H2,(H,22,24). The van der Waals surface area contributed by atoms with Crippen molar-refractivity contribution < 1.29 is 27.1 Å². The Morgan fingerprint density at radius 1 is 1.20 bits per heavy atom. The van der Waals surface area contributed by atoms with Crippen LogP contribution < -0.4 is 5.32 Å². The predicted octanol–water partition coefficient (Wildman–Crippen LogP) is 2.72. The number of alkyl halides is 3. The quantitative estimate of drug-likeness (QED) is 0.825. The summed E-state index contributed by atoms with van der Waals surface area (Å²) in [5.41, 5.74) is -1.06. The first-order valence-electron chi connectivity index (χ1n) is 8.25. The lowest BCUT2D eigenvalue weighted by atomic mass is 9.90. The molecule has 2 fully saturated rings. The van der Waals surface area contributed by atoms with Crippen molar-refractivity contribution in [1.29, 1.82) is 0 Å². The summed E-state index contributed by atoms with van der Waals surface area (Å²) < 4.78 is 57.8. The Balaban J connectivity index is 1.63. The summed E-state index contributed by atoms with van der Waals surface area (Å²) in [5, 5.41) is 2.84. The molecule has 25 heavy (non-hydrogen) atoms. The Morgan fingerprint density at radius 2 is 1.92 bits per heavy atom. The van der Waals surface area contributed by atoms with Gasteiger partial charge >= 0.3 is 6.18 Å². The van der Waals surface area contributed by atoms with Gasteiger partial charge in [0.2, 0.25) is 5.91 Å². The van der Waals surface area contributed by atoms with Crippen molar-refractivity contribution in [1.82, 2.24) is 10.2 Å². The molecule has 1 aromatic rings. The van der Waals surface area contributed by atoms with Gasteiger partial charge in [0.25, 0.3) is 0 Å². The summed E-state index contributed by atoms with van der Waals surface area (Å²) in [4.78, 5) is 13.4. The maximum atomic E-state index is 13.5. The van der Waals surface area contributed by atoms with Crippen LogP contribution in [0.1, 0.15) is 30.4 Å². The van der Waals surface area contributed by atoms with Gasteiger partial charge in [-0.2, -0.15) is 13.2 Å². The lowest BCUT2D eigenvalue weighted by Gasteiger charge is -2.40. The van der Waals surface area contributed by atoms with Gasteiger partial charge in [0.15, 0.2) is 0 Å². The zero-order chi connectivity index (χ0) is 18.1. The van der Waals surface area contributed by atoms with Crippen molar-refractivity contribution in [2.75, 3.05) is 26.2 Å². The highest BCUT2D eigenvalue weighted by molar-refractivity contribution is 5.76. The minimum atomic E-state index is -4.56. The van der Waals surface area contributed by atoms with E-state index in [2.05, 4.69) is 5.32 Å². The van der Waals surface area contributed by atoms with Crippen molar-refractivity contribution in [3.05, 3.63) is 35.1 Å². The number of nitrogens with one attached hydrogen (secondary N) is 1. The molecule has 2 heterocycles. The van der Waals surface area contributed by atoms with Crippen LogP contribution in [-0.2, 0) is 22.3 Å². The first-order valence-corrected chi connectivity index (χ1v) is 8.25. The molecule has 0 aromatic heterocycles. The van der Waals surface area contributed by atoms with Crippen LogP contribution in [-0.4, -0.2) is 42.6 Å². The zero-order valence-electron chi connectivity index (χ0n) is 13.7. The first-order chi connectivity index (χ1) is 11.8. The van der Waals surface area contributed by atoms with Crippen molar-refractivity contribution in [3.8, 4) is 0 Å². The van der Waals surface area contributed by atoms with Crippen molar-refractivity contribution >= 4 is 5.91 Å². The summed E-state index contributed by atoms with van der Waals surface area (Å²) in [6, 6.07) is 2.65. The van der Waals surface area contributed by atoms with Crippen molar-refractivity contribution in [2.45, 2.75) is 37.6 Å². The van der Waals surface area contributed by atoms with Gasteiger partial charge in [0.05, 0.1) is 17.8 Å². The molecule has 3 rings (SSSR count). The first kappa shape index (κ1) is 18.1. The van der Waals surface area contributed by atoms with Crippen molar-refractivity contribution in [3.63, 3.8) is 0 Å². The van der Waals surface area contributed by atoms with E-state index in [4.69, 9.17) is 4.74 Å². The smallest absolute Gasteiger partial charge is 0.373 e. The number of carbonyl (C=O) groups excluding carboxylic acids is 1. The highest BCUT2D eigenvalue weighted by atomic mass is 19.4. The molecular formula is C17H20F4N2O2. The summed E-state index contributed by atoms with van der Waals surface area (Å²) in [5.74, 6) is -0.910. The number of rotatable bonds is 2. The van der Waals surface area contributed by atoms with Crippen molar-refractivity contribution in [2.24, 2.45) is 0 Å². The van der Waals surface area contributed by atoms with Gasteiger partial charge < -0.3 is 10.1 Å². The second-order valence-electron chi connectivity index (χ2n) is 6.68. The van der Waals surface area contributed by atoms with Gasteiger partial charge in [-0.05, 0) is 36.6 Å². The fourth-order valence-corrected chi connectivity index (χ4v) is 3.36. The normalized spacial score (nSPS) is 21.8. The number of ether oxygens (including phenoxy) is 1. The highest BCUT2D eigenvalue weighted by Crippen LogP contribution is 2.32. The number of nitrogens with zero attached hydrogens (tertiary/aromatic N) is 1. The number of halogens is 4. The predicted molar refractivity (Wildman–Crippen MR) is 82.2 cm³/mol. The fraction of sp³-hybridized carbons (Fsp3) is 0.588. The monoisotopic (exact) mass is 360 g/mol. The van der Waals surface area contributed by atoms with Crippen LogP contribution in [0.4, 0.5) is 17.6 Å².